The molecule has 3 aromatic heterocycles. The van der Waals surface area contributed by atoms with E-state index in [0.717, 1.165) is 45.5 Å². The molecule has 3 heterocycles. The lowest BCUT2D eigenvalue weighted by molar-refractivity contribution is -0.138. The third-order valence-electron chi connectivity index (χ3n) is 11.7. The molecule has 0 bridgehead atoms. The molecular weight excluding hydrogens is 956 g/mol. The molecule has 0 amide bonds. The Labute approximate surface area is 382 Å². The summed E-state index contributed by atoms with van der Waals surface area (Å²) in [5.74, 6) is -0.373. The summed E-state index contributed by atoms with van der Waals surface area (Å²) < 4.78 is 222. The molecule has 0 fully saturated rings. The van der Waals surface area contributed by atoms with Gasteiger partial charge in [0.15, 0.2) is 17.5 Å². The number of hydrogen-bond donors (Lipinski definition) is 0. The highest BCUT2D eigenvalue weighted by Crippen LogP contribution is 2.48. The van der Waals surface area contributed by atoms with E-state index in [1.54, 1.807) is 60.7 Å². The molecule has 0 spiro atoms. The first-order valence-electron chi connectivity index (χ1n) is 20.4. The average molecular weight is 980 g/mol. The highest BCUT2D eigenvalue weighted by atomic mass is 19.4. The number of halogens is 15. The summed E-state index contributed by atoms with van der Waals surface area (Å²) in [4.78, 5) is 13.8. The Hall–Kier alpha value is -7.90. The molecule has 70 heavy (non-hydrogen) atoms. The van der Waals surface area contributed by atoms with Crippen LogP contribution in [-0.4, -0.2) is 24.1 Å². The summed E-state index contributed by atoms with van der Waals surface area (Å²) >= 11 is 0. The maximum Gasteiger partial charge on any atom is 0.420 e. The molecule has 0 radical (unpaired) electrons. The van der Waals surface area contributed by atoms with Crippen molar-refractivity contribution in [2.24, 2.45) is 0 Å². The van der Waals surface area contributed by atoms with Gasteiger partial charge in [0.1, 0.15) is 5.56 Å². The summed E-state index contributed by atoms with van der Waals surface area (Å²) in [7, 11) is 0. The summed E-state index contributed by atoms with van der Waals surface area (Å²) in [5.41, 5.74) is -10.3. The van der Waals surface area contributed by atoms with Gasteiger partial charge in [0.05, 0.1) is 55.7 Å². The van der Waals surface area contributed by atoms with Crippen LogP contribution in [0.2, 0.25) is 0 Å². The molecule has 0 aliphatic carbocycles. The quantitative estimate of drug-likeness (QED) is 0.161. The number of aromatic nitrogens is 5. The SMILES string of the molecule is FC(F)(F)c1ccc2c(c1)c1cc(C(F)(F)F)ccc1n2-c1cc(-c2nc(-c3ccccc3)nc(-c3ccccc3)n2)cc(-n2c3ccc(C(F)(F)F)cc3c3cc(C(F)(F)F)ccc32)c1C(F)(F)F. The Kier molecular flexibility index (Phi) is 10.4. The maximum absolute atomic E-state index is 16.4. The topological polar surface area (TPSA) is 48.5 Å². The van der Waals surface area contributed by atoms with Crippen molar-refractivity contribution in [3.8, 4) is 45.5 Å². The number of benzene rings is 7. The summed E-state index contributed by atoms with van der Waals surface area (Å²) in [6, 6.07) is 25.3. The second kappa shape index (κ2) is 15.8. The fourth-order valence-corrected chi connectivity index (χ4v) is 8.59. The average Bonchev–Trinajstić information content (AvgIpc) is 3.81. The van der Waals surface area contributed by atoms with Crippen LogP contribution >= 0.6 is 0 Å². The van der Waals surface area contributed by atoms with Crippen molar-refractivity contribution in [1.29, 1.82) is 0 Å². The second-order valence-electron chi connectivity index (χ2n) is 16.0. The van der Waals surface area contributed by atoms with Crippen molar-refractivity contribution >= 4 is 43.6 Å². The van der Waals surface area contributed by atoms with E-state index >= 15 is 13.2 Å². The molecule has 0 atom stereocenters. The van der Waals surface area contributed by atoms with E-state index in [0.29, 0.717) is 59.7 Å². The fraction of sp³-hybridized carbons (Fsp3) is 0.100. The second-order valence-corrected chi connectivity index (χ2v) is 16.0. The van der Waals surface area contributed by atoms with E-state index in [4.69, 9.17) is 0 Å². The molecule has 10 aromatic rings. The zero-order valence-electron chi connectivity index (χ0n) is 34.8. The van der Waals surface area contributed by atoms with Crippen molar-refractivity contribution < 1.29 is 65.9 Å². The lowest BCUT2D eigenvalue weighted by atomic mass is 10.0. The molecule has 0 N–H and O–H groups in total. The van der Waals surface area contributed by atoms with Gasteiger partial charge < -0.3 is 9.13 Å². The van der Waals surface area contributed by atoms with E-state index in [1.807, 2.05) is 0 Å². The van der Waals surface area contributed by atoms with Gasteiger partial charge in [0, 0.05) is 38.2 Å². The molecule has 20 heteroatoms. The maximum atomic E-state index is 16.4. The summed E-state index contributed by atoms with van der Waals surface area (Å²) in [6.07, 6.45) is -25.9. The van der Waals surface area contributed by atoms with Crippen LogP contribution in [-0.2, 0) is 30.9 Å². The molecule has 0 saturated heterocycles. The molecule has 0 unspecified atom stereocenters. The number of fused-ring (bicyclic) bond motifs is 6. The van der Waals surface area contributed by atoms with Gasteiger partial charge in [-0.2, -0.15) is 65.9 Å². The zero-order valence-corrected chi connectivity index (χ0v) is 34.8. The van der Waals surface area contributed by atoms with E-state index in [1.165, 1.54) is 0 Å². The molecule has 5 nitrogen and oxygen atoms in total. The smallest absolute Gasteiger partial charge is 0.309 e. The van der Waals surface area contributed by atoms with E-state index < -0.39 is 114 Å². The lowest BCUT2D eigenvalue weighted by Crippen LogP contribution is -2.16. The predicted molar refractivity (Wildman–Crippen MR) is 230 cm³/mol. The molecule has 7 aromatic carbocycles. The normalized spacial score (nSPS) is 13.1. The van der Waals surface area contributed by atoms with Gasteiger partial charge in [-0.25, -0.2) is 15.0 Å². The Morgan fingerprint density at radius 3 is 0.814 bits per heavy atom. The van der Waals surface area contributed by atoms with Crippen molar-refractivity contribution in [3.63, 3.8) is 0 Å². The molecule has 0 aliphatic heterocycles. The van der Waals surface area contributed by atoms with E-state index in [9.17, 15) is 52.7 Å². The molecule has 354 valence electrons. The number of nitrogens with zero attached hydrogens (tertiary/aromatic N) is 5. The summed E-state index contributed by atoms with van der Waals surface area (Å²) in [6.45, 7) is 0. The van der Waals surface area contributed by atoms with Crippen LogP contribution < -0.4 is 0 Å². The van der Waals surface area contributed by atoms with Crippen LogP contribution in [0.3, 0.4) is 0 Å². The van der Waals surface area contributed by atoms with Crippen molar-refractivity contribution in [1.82, 2.24) is 24.1 Å². The Morgan fingerprint density at radius 1 is 0.286 bits per heavy atom. The number of rotatable bonds is 5. The minimum atomic E-state index is -5.56. The monoisotopic (exact) mass is 979 g/mol. The van der Waals surface area contributed by atoms with Crippen molar-refractivity contribution in [3.05, 3.63) is 173 Å². The zero-order chi connectivity index (χ0) is 49.9. The van der Waals surface area contributed by atoms with Gasteiger partial charge in [-0.15, -0.1) is 0 Å². The van der Waals surface area contributed by atoms with Gasteiger partial charge in [-0.1, -0.05) is 60.7 Å². The Bertz CT molecular complexity index is 3320. The number of alkyl halides is 15. The molecule has 0 saturated carbocycles. The molecule has 10 rings (SSSR count). The van der Waals surface area contributed by atoms with Crippen LogP contribution in [0.25, 0.3) is 89.2 Å². The highest BCUT2D eigenvalue weighted by Gasteiger charge is 2.42. The van der Waals surface area contributed by atoms with Gasteiger partial charge in [-0.3, -0.25) is 0 Å². The van der Waals surface area contributed by atoms with E-state index in [-0.39, 0.29) is 23.0 Å². The van der Waals surface area contributed by atoms with Gasteiger partial charge >= 0.3 is 30.9 Å². The lowest BCUT2D eigenvalue weighted by Gasteiger charge is -2.23. The van der Waals surface area contributed by atoms with Crippen LogP contribution in [0.15, 0.2) is 146 Å². The first kappa shape index (κ1) is 45.9. The largest absolute Gasteiger partial charge is 0.420 e. The Balaban J connectivity index is 1.41. The number of hydrogen-bond acceptors (Lipinski definition) is 3. The van der Waals surface area contributed by atoms with Crippen molar-refractivity contribution in [2.45, 2.75) is 30.9 Å². The molecule has 0 aliphatic rings. The first-order chi connectivity index (χ1) is 32.9. The fourth-order valence-electron chi connectivity index (χ4n) is 8.59. The van der Waals surface area contributed by atoms with E-state index in [2.05, 4.69) is 15.0 Å². The summed E-state index contributed by atoms with van der Waals surface area (Å²) in [5, 5.41) is -2.20. The standard InChI is InChI=1S/C50H24F15N5/c51-46(52,53)28-11-15-36-32(21-28)33-22-29(47(54,55)56)12-16-37(33)69(36)40-19-27(45-67-43(25-7-3-1-4-8-25)66-44(68-45)26-9-5-2-6-10-26)20-41(42(40)50(63,64)65)70-38-17-13-30(48(57,58)59)23-34(38)35-24-31(49(60,61)62)14-18-39(35)70/h1-24H. The Morgan fingerprint density at radius 2 is 0.557 bits per heavy atom. The van der Waals surface area contributed by atoms with Gasteiger partial charge in [-0.05, 0) is 84.9 Å². The minimum Gasteiger partial charge on any atom is -0.309 e. The highest BCUT2D eigenvalue weighted by molar-refractivity contribution is 6.11. The van der Waals surface area contributed by atoms with Crippen LogP contribution in [0.5, 0.6) is 0 Å². The first-order valence-corrected chi connectivity index (χ1v) is 20.4. The molecular formula is C50H24F15N5. The van der Waals surface area contributed by atoms with Gasteiger partial charge in [0.2, 0.25) is 0 Å². The van der Waals surface area contributed by atoms with Crippen LogP contribution in [0.4, 0.5) is 65.9 Å². The van der Waals surface area contributed by atoms with Crippen molar-refractivity contribution in [2.75, 3.05) is 0 Å². The minimum absolute atomic E-state index is 0.0140. The third kappa shape index (κ3) is 7.99. The third-order valence-corrected chi connectivity index (χ3v) is 11.7. The predicted octanol–water partition coefficient (Wildman–Crippen LogP) is 16.2. The van der Waals surface area contributed by atoms with Crippen LogP contribution in [0.1, 0.15) is 27.8 Å². The van der Waals surface area contributed by atoms with Gasteiger partial charge in [0.25, 0.3) is 0 Å². The van der Waals surface area contributed by atoms with Crippen LogP contribution in [0, 0.1) is 0 Å².